The number of piperidine rings is 1. The van der Waals surface area contributed by atoms with Crippen LogP contribution in [0.2, 0.25) is 0 Å². The zero-order valence-corrected chi connectivity index (χ0v) is 20.0. The molecule has 33 heavy (non-hydrogen) atoms. The van der Waals surface area contributed by atoms with E-state index in [1.54, 1.807) is 12.3 Å². The maximum atomic E-state index is 12.8. The minimum atomic E-state index is -0.390. The zero-order chi connectivity index (χ0) is 23.4. The summed E-state index contributed by atoms with van der Waals surface area (Å²) in [6.07, 6.45) is 5.79. The molecule has 1 unspecified atom stereocenters. The van der Waals surface area contributed by atoms with Crippen LogP contribution in [0.25, 0.3) is 0 Å². The molecule has 178 valence electrons. The van der Waals surface area contributed by atoms with Crippen molar-refractivity contribution in [2.45, 2.75) is 45.6 Å². The zero-order valence-electron chi connectivity index (χ0n) is 19.1. The number of furan rings is 1. The quantitative estimate of drug-likeness (QED) is 0.599. The molecule has 1 aliphatic heterocycles. The molecule has 4 rings (SSSR count). The number of fused-ring (bicyclic) bond motifs is 1. The number of carbonyl (C=O) groups excluding carboxylic acids is 3. The lowest BCUT2D eigenvalue weighted by atomic mass is 9.88. The Kier molecular flexibility index (Phi) is 7.49. The van der Waals surface area contributed by atoms with Crippen LogP contribution in [0, 0.1) is 11.8 Å². The van der Waals surface area contributed by atoms with Gasteiger partial charge < -0.3 is 19.8 Å². The first-order valence-electron chi connectivity index (χ1n) is 11.5. The Morgan fingerprint density at radius 2 is 2.03 bits per heavy atom. The largest absolute Gasteiger partial charge is 0.467 e. The van der Waals surface area contributed by atoms with E-state index in [4.69, 9.17) is 9.15 Å². The topological polar surface area (TPSA) is 101 Å². The van der Waals surface area contributed by atoms with Crippen molar-refractivity contribution in [1.82, 2.24) is 10.2 Å². The lowest BCUT2D eigenvalue weighted by molar-refractivity contribution is -0.126. The van der Waals surface area contributed by atoms with Gasteiger partial charge in [0.25, 0.3) is 0 Å². The molecule has 0 radical (unpaired) electrons. The Labute approximate surface area is 197 Å². The van der Waals surface area contributed by atoms with Gasteiger partial charge in [-0.3, -0.25) is 14.5 Å². The number of esters is 1. The van der Waals surface area contributed by atoms with E-state index in [1.807, 2.05) is 6.07 Å². The van der Waals surface area contributed by atoms with Crippen molar-refractivity contribution in [2.24, 2.45) is 11.8 Å². The van der Waals surface area contributed by atoms with Crippen LogP contribution < -0.4 is 10.6 Å². The molecule has 8 nitrogen and oxygen atoms in total. The summed E-state index contributed by atoms with van der Waals surface area (Å²) >= 11 is 1.50. The molecule has 1 aliphatic carbocycles. The molecule has 9 heteroatoms. The number of ether oxygens (including phenoxy) is 1. The number of methoxy groups -OCH3 is 1. The molecule has 3 heterocycles. The second-order valence-electron chi connectivity index (χ2n) is 8.94. The summed E-state index contributed by atoms with van der Waals surface area (Å²) < 4.78 is 10.2. The highest BCUT2D eigenvalue weighted by atomic mass is 32.1. The molecule has 0 bridgehead atoms. The molecule has 1 saturated heterocycles. The predicted octanol–water partition coefficient (Wildman–Crippen LogP) is 3.22. The van der Waals surface area contributed by atoms with Crippen LogP contribution in [-0.4, -0.2) is 49.4 Å². The van der Waals surface area contributed by atoms with Crippen molar-refractivity contribution < 1.29 is 23.5 Å². The van der Waals surface area contributed by atoms with Gasteiger partial charge in [-0.05, 0) is 68.8 Å². The van der Waals surface area contributed by atoms with Gasteiger partial charge in [0, 0.05) is 10.8 Å². The number of nitrogens with zero attached hydrogens (tertiary/aromatic N) is 1. The van der Waals surface area contributed by atoms with Gasteiger partial charge in [-0.1, -0.05) is 6.92 Å². The first kappa shape index (κ1) is 23.5. The minimum absolute atomic E-state index is 0.0246. The summed E-state index contributed by atoms with van der Waals surface area (Å²) in [5.41, 5.74) is 1.55. The summed E-state index contributed by atoms with van der Waals surface area (Å²) in [6.45, 7) is 4.18. The Bertz CT molecular complexity index is 992. The molecule has 2 aromatic heterocycles. The van der Waals surface area contributed by atoms with E-state index in [9.17, 15) is 14.4 Å². The maximum Gasteiger partial charge on any atom is 0.341 e. The van der Waals surface area contributed by atoms with Gasteiger partial charge in [0.2, 0.25) is 11.8 Å². The average molecular weight is 474 g/mol. The molecule has 2 aromatic rings. The molecule has 1 fully saturated rings. The summed E-state index contributed by atoms with van der Waals surface area (Å²) in [7, 11) is 1.37. The smallest absolute Gasteiger partial charge is 0.341 e. The van der Waals surface area contributed by atoms with Gasteiger partial charge in [-0.25, -0.2) is 4.79 Å². The Morgan fingerprint density at radius 1 is 1.24 bits per heavy atom. The second kappa shape index (κ2) is 10.5. The number of carbonyl (C=O) groups is 3. The fraction of sp³-hybridized carbons (Fsp3) is 0.542. The number of thiophene rings is 1. The Balaban J connectivity index is 1.29. The molecule has 0 saturated carbocycles. The fourth-order valence-corrected chi connectivity index (χ4v) is 6.03. The third-order valence-electron chi connectivity index (χ3n) is 6.50. The number of amides is 2. The number of hydrogen-bond acceptors (Lipinski definition) is 7. The summed E-state index contributed by atoms with van der Waals surface area (Å²) in [5.74, 6) is 0.732. The average Bonchev–Trinajstić information content (AvgIpc) is 3.44. The van der Waals surface area contributed by atoms with Crippen molar-refractivity contribution in [1.29, 1.82) is 0 Å². The highest BCUT2D eigenvalue weighted by Gasteiger charge is 2.30. The van der Waals surface area contributed by atoms with Gasteiger partial charge in [-0.15, -0.1) is 11.3 Å². The van der Waals surface area contributed by atoms with Crippen LogP contribution in [0.1, 0.15) is 52.7 Å². The fourth-order valence-electron chi connectivity index (χ4n) is 4.61. The third kappa shape index (κ3) is 5.65. The van der Waals surface area contributed by atoms with Crippen LogP contribution in [0.5, 0.6) is 0 Å². The number of anilines is 1. The van der Waals surface area contributed by atoms with Crippen LogP contribution in [0.15, 0.2) is 22.8 Å². The van der Waals surface area contributed by atoms with E-state index < -0.39 is 5.97 Å². The first-order chi connectivity index (χ1) is 15.9. The third-order valence-corrected chi connectivity index (χ3v) is 7.67. The Hall–Kier alpha value is -2.65. The van der Waals surface area contributed by atoms with Crippen LogP contribution in [0.4, 0.5) is 5.00 Å². The molecule has 0 aromatic carbocycles. The van der Waals surface area contributed by atoms with E-state index in [0.29, 0.717) is 49.0 Å². The normalized spacial score (nSPS) is 19.0. The molecular formula is C24H31N3O5S. The van der Waals surface area contributed by atoms with Crippen molar-refractivity contribution in [3.63, 3.8) is 0 Å². The van der Waals surface area contributed by atoms with Crippen LogP contribution >= 0.6 is 11.3 Å². The van der Waals surface area contributed by atoms with E-state index in [-0.39, 0.29) is 24.3 Å². The van der Waals surface area contributed by atoms with E-state index in [2.05, 4.69) is 22.5 Å². The summed E-state index contributed by atoms with van der Waals surface area (Å²) in [5, 5.41) is 6.48. The number of likely N-dealkylation sites (tertiary alicyclic amines) is 1. The van der Waals surface area contributed by atoms with E-state index in [0.717, 1.165) is 30.6 Å². The van der Waals surface area contributed by atoms with Crippen molar-refractivity contribution >= 4 is 34.1 Å². The van der Waals surface area contributed by atoms with Crippen molar-refractivity contribution in [2.75, 3.05) is 32.1 Å². The molecular weight excluding hydrogens is 442 g/mol. The SMILES string of the molecule is COC(=O)c1c(NC(=O)CN2CCC(C(=O)NCc3ccco3)CC2)sc2c1CCC(C)C2. The predicted molar refractivity (Wildman–Crippen MR) is 125 cm³/mol. The minimum Gasteiger partial charge on any atom is -0.467 e. The lowest BCUT2D eigenvalue weighted by Gasteiger charge is -2.30. The van der Waals surface area contributed by atoms with Crippen LogP contribution in [-0.2, 0) is 33.7 Å². The van der Waals surface area contributed by atoms with Gasteiger partial charge in [0.15, 0.2) is 0 Å². The van der Waals surface area contributed by atoms with E-state index >= 15 is 0 Å². The highest BCUT2D eigenvalue weighted by molar-refractivity contribution is 7.17. The number of hydrogen-bond donors (Lipinski definition) is 2. The molecule has 2 amide bonds. The van der Waals surface area contributed by atoms with Crippen molar-refractivity contribution in [3.05, 3.63) is 40.2 Å². The lowest BCUT2D eigenvalue weighted by Crippen LogP contribution is -2.43. The summed E-state index contributed by atoms with van der Waals surface area (Å²) in [6, 6.07) is 3.63. The monoisotopic (exact) mass is 473 g/mol. The molecule has 2 N–H and O–H groups in total. The van der Waals surface area contributed by atoms with Crippen molar-refractivity contribution in [3.8, 4) is 0 Å². The standard InChI is InChI=1S/C24H31N3O5S/c1-15-5-6-18-19(12-15)33-23(21(18)24(30)31-2)26-20(28)14-27-9-7-16(8-10-27)22(29)25-13-17-4-3-11-32-17/h3-4,11,15-16H,5-10,12-14H2,1-2H3,(H,25,29)(H,26,28). The van der Waals surface area contributed by atoms with Gasteiger partial charge in [0.05, 0.1) is 32.0 Å². The van der Waals surface area contributed by atoms with E-state index in [1.165, 1.54) is 23.3 Å². The highest BCUT2D eigenvalue weighted by Crippen LogP contribution is 2.40. The number of nitrogens with one attached hydrogen (secondary N) is 2. The van der Waals surface area contributed by atoms with Gasteiger partial charge >= 0.3 is 5.97 Å². The second-order valence-corrected chi connectivity index (χ2v) is 10.0. The van der Waals surface area contributed by atoms with Crippen LogP contribution in [0.3, 0.4) is 0 Å². The van der Waals surface area contributed by atoms with Gasteiger partial charge in [-0.2, -0.15) is 0 Å². The maximum absolute atomic E-state index is 12.8. The molecule has 2 aliphatic rings. The Morgan fingerprint density at radius 3 is 2.73 bits per heavy atom. The number of rotatable bonds is 7. The molecule has 1 atom stereocenters. The summed E-state index contributed by atoms with van der Waals surface area (Å²) in [4.78, 5) is 40.9. The van der Waals surface area contributed by atoms with Gasteiger partial charge in [0.1, 0.15) is 10.8 Å². The molecule has 0 spiro atoms. The first-order valence-corrected chi connectivity index (χ1v) is 12.3.